The summed E-state index contributed by atoms with van der Waals surface area (Å²) < 4.78 is 1.93. The van der Waals surface area contributed by atoms with E-state index in [4.69, 9.17) is 5.73 Å². The van der Waals surface area contributed by atoms with Gasteiger partial charge in [-0.25, -0.2) is 4.98 Å². The molecule has 0 radical (unpaired) electrons. The zero-order chi connectivity index (χ0) is 13.8. The number of nitro benzene ring substituents is 1. The lowest BCUT2D eigenvalue weighted by Crippen LogP contribution is -2.21. The van der Waals surface area contributed by atoms with Gasteiger partial charge in [-0.15, -0.1) is 0 Å². The zero-order valence-corrected chi connectivity index (χ0v) is 10.5. The first-order chi connectivity index (χ1) is 9.04. The maximum atomic E-state index is 10.8. The van der Waals surface area contributed by atoms with Gasteiger partial charge in [0.25, 0.3) is 5.69 Å². The summed E-state index contributed by atoms with van der Waals surface area (Å²) in [5, 5.41) is 13.9. The lowest BCUT2D eigenvalue weighted by atomic mass is 10.2. The smallest absolute Gasteiger partial charge is 0.273 e. The lowest BCUT2D eigenvalue weighted by molar-refractivity contribution is -0.384. The van der Waals surface area contributed by atoms with Crippen molar-refractivity contribution in [3.63, 3.8) is 0 Å². The summed E-state index contributed by atoms with van der Waals surface area (Å²) in [7, 11) is 0. The van der Waals surface area contributed by atoms with Gasteiger partial charge in [0.05, 0.1) is 11.3 Å². The van der Waals surface area contributed by atoms with Gasteiger partial charge in [0.1, 0.15) is 0 Å². The van der Waals surface area contributed by atoms with Crippen LogP contribution in [0, 0.1) is 10.1 Å². The van der Waals surface area contributed by atoms with Crippen LogP contribution in [0.5, 0.6) is 0 Å². The number of nitro groups is 1. The van der Waals surface area contributed by atoms with Crippen LogP contribution in [0.4, 0.5) is 17.1 Å². The molecule has 0 aliphatic carbocycles. The second kappa shape index (κ2) is 5.38. The van der Waals surface area contributed by atoms with Gasteiger partial charge in [-0.05, 0) is 13.0 Å². The van der Waals surface area contributed by atoms with Crippen molar-refractivity contribution in [3.05, 3.63) is 47.0 Å². The molecule has 1 heterocycles. The molecular formula is C12H15N5O2. The predicted octanol–water partition coefficient (Wildman–Crippen LogP) is 1.87. The van der Waals surface area contributed by atoms with Gasteiger partial charge < -0.3 is 15.6 Å². The molecule has 7 nitrogen and oxygen atoms in total. The predicted molar refractivity (Wildman–Crippen MR) is 72.8 cm³/mol. The molecule has 0 bridgehead atoms. The Labute approximate surface area is 110 Å². The standard InChI is InChI=1S/C12H15N5O2/c1-9(7-16-3-2-14-8-16)15-11-4-10(13)5-12(6-11)17(18)19/h2-6,8-9,15H,7,13H2,1H3. The van der Waals surface area contributed by atoms with Gasteiger partial charge in [-0.2, -0.15) is 0 Å². The number of anilines is 2. The molecule has 2 rings (SSSR count). The third-order valence-corrected chi connectivity index (χ3v) is 2.61. The van der Waals surface area contributed by atoms with E-state index in [2.05, 4.69) is 10.3 Å². The molecule has 100 valence electrons. The minimum Gasteiger partial charge on any atom is -0.398 e. The molecule has 7 heteroatoms. The number of hydrogen-bond donors (Lipinski definition) is 2. The molecule has 2 aromatic rings. The highest BCUT2D eigenvalue weighted by atomic mass is 16.6. The van der Waals surface area contributed by atoms with Gasteiger partial charge in [0, 0.05) is 48.5 Å². The van der Waals surface area contributed by atoms with Crippen molar-refractivity contribution >= 4 is 17.1 Å². The monoisotopic (exact) mass is 261 g/mol. The molecule has 1 atom stereocenters. The lowest BCUT2D eigenvalue weighted by Gasteiger charge is -2.16. The Morgan fingerprint density at radius 1 is 1.53 bits per heavy atom. The fourth-order valence-corrected chi connectivity index (χ4v) is 1.86. The van der Waals surface area contributed by atoms with Gasteiger partial charge in [0.2, 0.25) is 0 Å². The van der Waals surface area contributed by atoms with E-state index in [1.54, 1.807) is 18.6 Å². The first kappa shape index (κ1) is 12.9. The SMILES string of the molecule is CC(Cn1ccnc1)Nc1cc(N)cc([N+](=O)[O-])c1. The normalized spacial score (nSPS) is 12.1. The maximum absolute atomic E-state index is 10.8. The molecule has 1 aromatic carbocycles. The first-order valence-electron chi connectivity index (χ1n) is 5.82. The third-order valence-electron chi connectivity index (χ3n) is 2.61. The van der Waals surface area contributed by atoms with E-state index in [1.165, 1.54) is 12.1 Å². The molecule has 0 fully saturated rings. The van der Waals surface area contributed by atoms with Crippen LogP contribution in [0.25, 0.3) is 0 Å². The maximum Gasteiger partial charge on any atom is 0.273 e. The Kier molecular flexibility index (Phi) is 3.65. The van der Waals surface area contributed by atoms with E-state index >= 15 is 0 Å². The number of hydrogen-bond acceptors (Lipinski definition) is 5. The fourth-order valence-electron chi connectivity index (χ4n) is 1.86. The van der Waals surface area contributed by atoms with Crippen LogP contribution >= 0.6 is 0 Å². The second-order valence-corrected chi connectivity index (χ2v) is 4.38. The average molecular weight is 261 g/mol. The van der Waals surface area contributed by atoms with Crippen LogP contribution in [0.15, 0.2) is 36.9 Å². The van der Waals surface area contributed by atoms with E-state index in [-0.39, 0.29) is 11.7 Å². The molecule has 1 aromatic heterocycles. The number of aromatic nitrogens is 2. The molecule has 3 N–H and O–H groups in total. The van der Waals surface area contributed by atoms with Crippen molar-refractivity contribution in [2.75, 3.05) is 11.1 Å². The average Bonchev–Trinajstić information content (AvgIpc) is 2.80. The van der Waals surface area contributed by atoms with Gasteiger partial charge in [0.15, 0.2) is 0 Å². The number of nitrogens with zero attached hydrogens (tertiary/aromatic N) is 3. The third kappa shape index (κ3) is 3.44. The Morgan fingerprint density at radius 3 is 2.95 bits per heavy atom. The summed E-state index contributed by atoms with van der Waals surface area (Å²) in [4.78, 5) is 14.3. The summed E-state index contributed by atoms with van der Waals surface area (Å²) in [6.07, 6.45) is 5.29. The minimum absolute atomic E-state index is 0.0164. The van der Waals surface area contributed by atoms with Gasteiger partial charge in [-0.1, -0.05) is 0 Å². The molecular weight excluding hydrogens is 246 g/mol. The van der Waals surface area contributed by atoms with Crippen LogP contribution in [0.1, 0.15) is 6.92 Å². The van der Waals surface area contributed by atoms with Gasteiger partial charge >= 0.3 is 0 Å². The van der Waals surface area contributed by atoms with Crippen LogP contribution in [0.3, 0.4) is 0 Å². The summed E-state index contributed by atoms with van der Waals surface area (Å²) >= 11 is 0. The van der Waals surface area contributed by atoms with Crippen LogP contribution in [-0.2, 0) is 6.54 Å². The highest BCUT2D eigenvalue weighted by Crippen LogP contribution is 2.22. The number of nitrogen functional groups attached to an aromatic ring is 1. The summed E-state index contributed by atoms with van der Waals surface area (Å²) in [5.41, 5.74) is 6.64. The number of rotatable bonds is 5. The Hall–Kier alpha value is -2.57. The molecule has 0 aliphatic heterocycles. The number of benzene rings is 1. The van der Waals surface area contributed by atoms with E-state index in [9.17, 15) is 10.1 Å². The van der Waals surface area contributed by atoms with E-state index in [0.717, 1.165) is 0 Å². The summed E-state index contributed by atoms with van der Waals surface area (Å²) in [6.45, 7) is 2.69. The van der Waals surface area contributed by atoms with E-state index in [1.807, 2.05) is 17.7 Å². The van der Waals surface area contributed by atoms with Crippen LogP contribution < -0.4 is 11.1 Å². The second-order valence-electron chi connectivity index (χ2n) is 4.38. The molecule has 0 saturated carbocycles. The van der Waals surface area contributed by atoms with Crippen molar-refractivity contribution in [1.82, 2.24) is 9.55 Å². The Morgan fingerprint density at radius 2 is 2.32 bits per heavy atom. The molecule has 0 spiro atoms. The Bertz CT molecular complexity index is 568. The topological polar surface area (TPSA) is 99.0 Å². The highest BCUT2D eigenvalue weighted by Gasteiger charge is 2.10. The minimum atomic E-state index is -0.456. The van der Waals surface area contributed by atoms with Crippen molar-refractivity contribution in [1.29, 1.82) is 0 Å². The molecule has 0 aliphatic rings. The summed E-state index contributed by atoms with van der Waals surface area (Å²) in [6, 6.07) is 4.58. The van der Waals surface area contributed by atoms with Crippen molar-refractivity contribution in [2.45, 2.75) is 19.5 Å². The van der Waals surface area contributed by atoms with Gasteiger partial charge in [-0.3, -0.25) is 10.1 Å². The number of imidazole rings is 1. The number of non-ortho nitro benzene ring substituents is 1. The molecule has 0 saturated heterocycles. The summed E-state index contributed by atoms with van der Waals surface area (Å²) in [5.74, 6) is 0. The zero-order valence-electron chi connectivity index (χ0n) is 10.5. The highest BCUT2D eigenvalue weighted by molar-refractivity contribution is 5.61. The number of nitrogens with two attached hydrogens (primary N) is 1. The Balaban J connectivity index is 2.08. The first-order valence-corrected chi connectivity index (χ1v) is 5.82. The van der Waals surface area contributed by atoms with Crippen molar-refractivity contribution in [2.24, 2.45) is 0 Å². The largest absolute Gasteiger partial charge is 0.398 e. The quantitative estimate of drug-likeness (QED) is 0.486. The molecule has 1 unspecified atom stereocenters. The van der Waals surface area contributed by atoms with E-state index in [0.29, 0.717) is 17.9 Å². The number of nitrogens with one attached hydrogen (secondary N) is 1. The fraction of sp³-hybridized carbons (Fsp3) is 0.250. The van der Waals surface area contributed by atoms with Crippen LogP contribution in [0.2, 0.25) is 0 Å². The molecule has 19 heavy (non-hydrogen) atoms. The van der Waals surface area contributed by atoms with Crippen molar-refractivity contribution < 1.29 is 4.92 Å². The van der Waals surface area contributed by atoms with Crippen molar-refractivity contribution in [3.8, 4) is 0 Å². The van der Waals surface area contributed by atoms with E-state index < -0.39 is 4.92 Å². The molecule has 0 amide bonds. The van der Waals surface area contributed by atoms with Crippen LogP contribution in [-0.4, -0.2) is 20.5 Å².